The quantitative estimate of drug-likeness (QED) is 0.516. The fourth-order valence-electron chi connectivity index (χ4n) is 3.61. The van der Waals surface area contributed by atoms with Gasteiger partial charge < -0.3 is 0 Å². The molecule has 0 N–H and O–H groups in total. The molecule has 1 nitrogen and oxygen atoms in total. The van der Waals surface area contributed by atoms with Crippen molar-refractivity contribution >= 4 is 5.78 Å². The third-order valence-electron chi connectivity index (χ3n) is 4.18. The van der Waals surface area contributed by atoms with E-state index in [0.717, 1.165) is 24.2 Å². The van der Waals surface area contributed by atoms with Crippen LogP contribution in [0.3, 0.4) is 0 Å². The Morgan fingerprint density at radius 2 is 1.82 bits per heavy atom. The molecule has 4 bridgehead atoms. The molecule has 0 saturated heterocycles. The smallest absolute Gasteiger partial charge is 0.136 e. The van der Waals surface area contributed by atoms with Crippen molar-refractivity contribution in [3.05, 3.63) is 0 Å². The Hall–Kier alpha value is -0.330. The van der Waals surface area contributed by atoms with E-state index in [0.29, 0.717) is 11.7 Å². The maximum atomic E-state index is 11.4. The summed E-state index contributed by atoms with van der Waals surface area (Å²) in [5.74, 6) is 3.68. The lowest BCUT2D eigenvalue weighted by molar-refractivity contribution is -0.121. The number of Topliss-reactive ketones (excluding diaryl/α,β-unsaturated/α-hetero) is 1. The molecule has 0 aromatic carbocycles. The summed E-state index contributed by atoms with van der Waals surface area (Å²) in [6.07, 6.45) is 6.37. The van der Waals surface area contributed by atoms with Crippen LogP contribution in [0.25, 0.3) is 0 Å². The van der Waals surface area contributed by atoms with E-state index >= 15 is 0 Å². The van der Waals surface area contributed by atoms with Gasteiger partial charge in [0.1, 0.15) is 5.78 Å². The highest BCUT2D eigenvalue weighted by molar-refractivity contribution is 5.84. The van der Waals surface area contributed by atoms with Crippen molar-refractivity contribution in [3.63, 3.8) is 0 Å². The molecule has 1 heteroatoms. The molecule has 11 heavy (non-hydrogen) atoms. The first kappa shape index (κ1) is 6.22. The number of rotatable bonds is 0. The average molecular weight is 150 g/mol. The number of carbonyl (C=O) groups is 1. The van der Waals surface area contributed by atoms with Gasteiger partial charge in [-0.25, -0.2) is 0 Å². The van der Waals surface area contributed by atoms with Gasteiger partial charge in [-0.1, -0.05) is 0 Å². The van der Waals surface area contributed by atoms with Crippen LogP contribution < -0.4 is 0 Å². The molecule has 0 heterocycles. The first-order valence-electron chi connectivity index (χ1n) is 4.87. The van der Waals surface area contributed by atoms with Gasteiger partial charge in [-0.2, -0.15) is 0 Å². The minimum absolute atomic E-state index is 0.513. The summed E-state index contributed by atoms with van der Waals surface area (Å²) in [7, 11) is 0. The lowest BCUT2D eigenvalue weighted by Gasteiger charge is -2.24. The number of hydrogen-bond acceptors (Lipinski definition) is 1. The SMILES string of the molecule is O=C1C[C@@H]2C[C@H]1[C@H]1CC[C@@H]2C1. The lowest BCUT2D eigenvalue weighted by atomic mass is 9.80. The highest BCUT2D eigenvalue weighted by Crippen LogP contribution is 2.54. The molecule has 3 fully saturated rings. The van der Waals surface area contributed by atoms with E-state index in [1.165, 1.54) is 25.7 Å². The zero-order valence-corrected chi connectivity index (χ0v) is 6.75. The van der Waals surface area contributed by atoms with Crippen LogP contribution in [0, 0.1) is 23.7 Å². The largest absolute Gasteiger partial charge is 0.299 e. The molecule has 0 aliphatic heterocycles. The van der Waals surface area contributed by atoms with Crippen LogP contribution in [0.15, 0.2) is 0 Å². The van der Waals surface area contributed by atoms with E-state index in [9.17, 15) is 4.79 Å². The van der Waals surface area contributed by atoms with E-state index in [4.69, 9.17) is 0 Å². The van der Waals surface area contributed by atoms with Gasteiger partial charge in [-0.05, 0) is 43.4 Å². The predicted molar refractivity (Wildman–Crippen MR) is 42.1 cm³/mol. The van der Waals surface area contributed by atoms with E-state index in [-0.39, 0.29) is 0 Å². The minimum Gasteiger partial charge on any atom is -0.299 e. The van der Waals surface area contributed by atoms with Gasteiger partial charge in [0.15, 0.2) is 0 Å². The monoisotopic (exact) mass is 150 g/mol. The summed E-state index contributed by atoms with van der Waals surface area (Å²) in [6.45, 7) is 0. The second kappa shape index (κ2) is 1.88. The number of fused-ring (bicyclic) bond motifs is 6. The maximum absolute atomic E-state index is 11.4. The van der Waals surface area contributed by atoms with Crippen molar-refractivity contribution in [2.75, 3.05) is 0 Å². The van der Waals surface area contributed by atoms with E-state index < -0.39 is 0 Å². The van der Waals surface area contributed by atoms with Gasteiger partial charge in [-0.15, -0.1) is 0 Å². The summed E-state index contributed by atoms with van der Waals surface area (Å²) < 4.78 is 0. The van der Waals surface area contributed by atoms with Crippen LogP contribution in [0.5, 0.6) is 0 Å². The molecule has 3 aliphatic rings. The van der Waals surface area contributed by atoms with Gasteiger partial charge in [0.25, 0.3) is 0 Å². The topological polar surface area (TPSA) is 17.1 Å². The Bertz CT molecular complexity index is 209. The van der Waals surface area contributed by atoms with Crippen molar-refractivity contribution in [2.24, 2.45) is 23.7 Å². The van der Waals surface area contributed by atoms with Crippen molar-refractivity contribution in [2.45, 2.75) is 32.1 Å². The molecular formula is C10H14O. The molecular weight excluding hydrogens is 136 g/mol. The number of ketones is 1. The zero-order chi connectivity index (χ0) is 7.42. The standard InChI is InChI=1S/C10H14O/c11-10-5-8-4-9(10)7-2-1-6(8)3-7/h6-9H,1-5H2/t6-,7+,8+,9+/m1/s1. The summed E-state index contributed by atoms with van der Waals surface area (Å²) in [4.78, 5) is 11.4. The summed E-state index contributed by atoms with van der Waals surface area (Å²) in [6, 6.07) is 0. The van der Waals surface area contributed by atoms with Gasteiger partial charge >= 0.3 is 0 Å². The second-order valence-corrected chi connectivity index (χ2v) is 4.61. The predicted octanol–water partition coefficient (Wildman–Crippen LogP) is 2.01. The summed E-state index contributed by atoms with van der Waals surface area (Å²) >= 11 is 0. The summed E-state index contributed by atoms with van der Waals surface area (Å²) in [5.41, 5.74) is 0. The molecule has 4 atom stereocenters. The van der Waals surface area contributed by atoms with Crippen LogP contribution in [0.4, 0.5) is 0 Å². The van der Waals surface area contributed by atoms with Gasteiger partial charge in [0.05, 0.1) is 0 Å². The molecule has 0 aromatic heterocycles. The van der Waals surface area contributed by atoms with Crippen molar-refractivity contribution in [1.82, 2.24) is 0 Å². The molecule has 60 valence electrons. The molecule has 3 aliphatic carbocycles. The molecule has 0 amide bonds. The van der Waals surface area contributed by atoms with E-state index in [1.807, 2.05) is 0 Å². The lowest BCUT2D eigenvalue weighted by Crippen LogP contribution is -2.19. The van der Waals surface area contributed by atoms with E-state index in [1.54, 1.807) is 0 Å². The molecule has 0 radical (unpaired) electrons. The Labute approximate surface area is 67.2 Å². The number of carbonyl (C=O) groups excluding carboxylic acids is 1. The van der Waals surface area contributed by atoms with Crippen LogP contribution in [0.2, 0.25) is 0 Å². The van der Waals surface area contributed by atoms with Crippen molar-refractivity contribution in [3.8, 4) is 0 Å². The zero-order valence-electron chi connectivity index (χ0n) is 6.75. The Morgan fingerprint density at radius 3 is 2.73 bits per heavy atom. The molecule has 0 aromatic rings. The fourth-order valence-corrected chi connectivity index (χ4v) is 3.61. The van der Waals surface area contributed by atoms with Crippen molar-refractivity contribution < 1.29 is 4.79 Å². The Balaban J connectivity index is 1.99. The van der Waals surface area contributed by atoms with Crippen LogP contribution in [-0.2, 0) is 4.79 Å². The molecule has 3 rings (SSSR count). The number of hydrogen-bond donors (Lipinski definition) is 0. The third-order valence-corrected chi connectivity index (χ3v) is 4.18. The maximum Gasteiger partial charge on any atom is 0.136 e. The Morgan fingerprint density at radius 1 is 1.00 bits per heavy atom. The summed E-state index contributed by atoms with van der Waals surface area (Å²) in [5, 5.41) is 0. The fraction of sp³-hybridized carbons (Fsp3) is 0.900. The third kappa shape index (κ3) is 0.692. The van der Waals surface area contributed by atoms with E-state index in [2.05, 4.69) is 0 Å². The van der Waals surface area contributed by atoms with Crippen molar-refractivity contribution in [1.29, 1.82) is 0 Å². The Kier molecular flexibility index (Phi) is 1.06. The van der Waals surface area contributed by atoms with Crippen LogP contribution in [-0.4, -0.2) is 5.78 Å². The van der Waals surface area contributed by atoms with Gasteiger partial charge in [-0.3, -0.25) is 4.79 Å². The highest BCUT2D eigenvalue weighted by atomic mass is 16.1. The minimum atomic E-state index is 0.513. The molecule has 0 spiro atoms. The van der Waals surface area contributed by atoms with Crippen LogP contribution in [0.1, 0.15) is 32.1 Å². The van der Waals surface area contributed by atoms with Gasteiger partial charge in [0.2, 0.25) is 0 Å². The first-order valence-corrected chi connectivity index (χ1v) is 4.87. The molecule has 3 saturated carbocycles. The average Bonchev–Trinajstić information content (AvgIpc) is 2.49. The van der Waals surface area contributed by atoms with Crippen LogP contribution >= 0.6 is 0 Å². The molecule has 0 unspecified atom stereocenters. The highest BCUT2D eigenvalue weighted by Gasteiger charge is 2.49. The first-order chi connectivity index (χ1) is 5.34. The second-order valence-electron chi connectivity index (χ2n) is 4.61. The van der Waals surface area contributed by atoms with Gasteiger partial charge in [0, 0.05) is 12.3 Å². The normalized spacial score (nSPS) is 53.6.